The zero-order valence-electron chi connectivity index (χ0n) is 27.4. The fourth-order valence-electron chi connectivity index (χ4n) is 4.10. The maximum atomic E-state index is 12.4. The summed E-state index contributed by atoms with van der Waals surface area (Å²) in [5.74, 6) is 1.73. The van der Waals surface area contributed by atoms with E-state index in [0.29, 0.717) is 30.8 Å². The molecule has 0 spiro atoms. The van der Waals surface area contributed by atoms with Crippen LogP contribution in [-0.4, -0.2) is 62.5 Å². The van der Waals surface area contributed by atoms with Crippen LogP contribution in [0.3, 0.4) is 0 Å². The normalized spacial score (nSPS) is 10.6. The van der Waals surface area contributed by atoms with Crippen LogP contribution in [0.25, 0.3) is 0 Å². The molecule has 0 aliphatic carbocycles. The summed E-state index contributed by atoms with van der Waals surface area (Å²) in [4.78, 5) is 26.0. The number of ether oxygens (including phenoxy) is 2. The fraction of sp³-hybridized carbons (Fsp3) is 0.289. The number of carbonyl (C=O) groups excluding carboxylic acids is 2. The highest BCUT2D eigenvalue weighted by atomic mass is 35.5. The molecule has 0 fully saturated rings. The van der Waals surface area contributed by atoms with Gasteiger partial charge < -0.3 is 26.8 Å². The number of carbonyl (C=O) groups is 2. The van der Waals surface area contributed by atoms with Gasteiger partial charge in [-0.1, -0.05) is 98.8 Å². The van der Waals surface area contributed by atoms with Gasteiger partial charge in [-0.05, 0) is 49.5 Å². The standard InChI is InChI=1S/C19H23NO2.C16H16O2.C3H8N.ClH/c1-15(13-20(2)3)19(21)17-10-7-11-18(12-17)22-14-16-8-5-4-6-9-16;1-2-16(17)14-9-6-10-15(11-14)18-12-13-7-4-3-5-8-13;1-4(2)3;/h4-12,15H,13-14H2,1-3H3;3-11H,2,12H2,1H3;1H2,2-3H3;1H/q;;+1;/p-1. The van der Waals surface area contributed by atoms with Crippen molar-refractivity contribution in [2.75, 3.05) is 34.7 Å². The average Bonchev–Trinajstić information content (AvgIpc) is 3.03. The lowest BCUT2D eigenvalue weighted by Gasteiger charge is -2.16. The third-order valence-corrected chi connectivity index (χ3v) is 6.18. The van der Waals surface area contributed by atoms with E-state index >= 15 is 0 Å². The molecule has 4 aromatic carbocycles. The van der Waals surface area contributed by atoms with Gasteiger partial charge in [0, 0.05) is 30.0 Å². The highest BCUT2D eigenvalue weighted by Gasteiger charge is 2.16. The second kappa shape index (κ2) is 21.4. The molecule has 0 bridgehead atoms. The Bertz CT molecular complexity index is 1440. The summed E-state index contributed by atoms with van der Waals surface area (Å²) in [7, 11) is 7.73. The first kappa shape index (κ1) is 38.8. The second-order valence-electron chi connectivity index (χ2n) is 11.0. The molecule has 1 unspecified atom stereocenters. The Morgan fingerprint density at radius 3 is 1.58 bits per heavy atom. The zero-order valence-corrected chi connectivity index (χ0v) is 28.2. The number of halogens is 1. The Hall–Kier alpha value is -4.26. The maximum absolute atomic E-state index is 12.4. The van der Waals surface area contributed by atoms with E-state index in [2.05, 4.69) is 6.72 Å². The molecule has 1 atom stereocenters. The molecule has 0 saturated carbocycles. The number of hydrogen-bond acceptors (Lipinski definition) is 5. The lowest BCUT2D eigenvalue weighted by Crippen LogP contribution is -3.00. The van der Waals surface area contributed by atoms with Crippen LogP contribution in [0.15, 0.2) is 109 Å². The van der Waals surface area contributed by atoms with Crippen LogP contribution < -0.4 is 21.9 Å². The van der Waals surface area contributed by atoms with E-state index in [1.165, 1.54) is 0 Å². The van der Waals surface area contributed by atoms with Crippen LogP contribution in [0, 0.1) is 5.92 Å². The Labute approximate surface area is 275 Å². The number of benzene rings is 4. The van der Waals surface area contributed by atoms with Crippen molar-refractivity contribution in [1.82, 2.24) is 4.90 Å². The van der Waals surface area contributed by atoms with Gasteiger partial charge >= 0.3 is 0 Å². The third kappa shape index (κ3) is 15.9. The van der Waals surface area contributed by atoms with Gasteiger partial charge in [-0.15, -0.1) is 0 Å². The first-order valence-corrected chi connectivity index (χ1v) is 14.8. The van der Waals surface area contributed by atoms with Crippen LogP contribution in [0.4, 0.5) is 0 Å². The molecular formula is C38H47ClN2O4. The van der Waals surface area contributed by atoms with Gasteiger partial charge in [0.25, 0.3) is 0 Å². The van der Waals surface area contributed by atoms with E-state index in [4.69, 9.17) is 9.47 Å². The van der Waals surface area contributed by atoms with Crippen molar-refractivity contribution in [2.24, 2.45) is 5.92 Å². The quantitative estimate of drug-likeness (QED) is 0.131. The van der Waals surface area contributed by atoms with Gasteiger partial charge in [0.1, 0.15) is 45.5 Å². The zero-order chi connectivity index (χ0) is 32.3. The van der Waals surface area contributed by atoms with Crippen LogP contribution in [0.1, 0.15) is 52.1 Å². The van der Waals surface area contributed by atoms with E-state index in [1.807, 2.05) is 150 Å². The molecule has 0 N–H and O–H groups in total. The molecular weight excluding hydrogens is 584 g/mol. The summed E-state index contributed by atoms with van der Waals surface area (Å²) >= 11 is 0. The van der Waals surface area contributed by atoms with Gasteiger partial charge in [-0.3, -0.25) is 9.59 Å². The van der Waals surface area contributed by atoms with Gasteiger partial charge in [-0.2, -0.15) is 0 Å². The number of ketones is 2. The van der Waals surface area contributed by atoms with Gasteiger partial charge in [0.05, 0.1) is 0 Å². The lowest BCUT2D eigenvalue weighted by molar-refractivity contribution is -0.454. The second-order valence-corrected chi connectivity index (χ2v) is 11.0. The molecule has 0 radical (unpaired) electrons. The highest BCUT2D eigenvalue weighted by Crippen LogP contribution is 2.19. The molecule has 45 heavy (non-hydrogen) atoms. The van der Waals surface area contributed by atoms with Crippen molar-refractivity contribution < 1.29 is 36.0 Å². The van der Waals surface area contributed by atoms with E-state index in [-0.39, 0.29) is 29.9 Å². The molecule has 0 heterocycles. The molecule has 0 aliphatic heterocycles. The predicted molar refractivity (Wildman–Crippen MR) is 180 cm³/mol. The van der Waals surface area contributed by atoms with Crippen molar-refractivity contribution in [3.05, 3.63) is 131 Å². The van der Waals surface area contributed by atoms with E-state index in [1.54, 1.807) is 10.6 Å². The minimum atomic E-state index is -0.0284. The molecule has 4 aromatic rings. The molecule has 240 valence electrons. The molecule has 0 aromatic heterocycles. The monoisotopic (exact) mass is 630 g/mol. The Morgan fingerprint density at radius 2 is 1.16 bits per heavy atom. The molecule has 7 heteroatoms. The first-order valence-electron chi connectivity index (χ1n) is 14.8. The van der Waals surface area contributed by atoms with Crippen LogP contribution in [0.5, 0.6) is 11.5 Å². The van der Waals surface area contributed by atoms with Crippen LogP contribution in [-0.2, 0) is 13.2 Å². The fourth-order valence-corrected chi connectivity index (χ4v) is 4.10. The Balaban J connectivity index is 0.000000400. The van der Waals surface area contributed by atoms with E-state index in [0.717, 1.165) is 29.2 Å². The largest absolute Gasteiger partial charge is 1.00 e. The molecule has 0 saturated heterocycles. The molecule has 0 aliphatic rings. The van der Waals surface area contributed by atoms with Crippen molar-refractivity contribution in [3.63, 3.8) is 0 Å². The van der Waals surface area contributed by atoms with Gasteiger partial charge in [0.15, 0.2) is 11.6 Å². The topological polar surface area (TPSA) is 58.8 Å². The van der Waals surface area contributed by atoms with Crippen molar-refractivity contribution in [2.45, 2.75) is 33.5 Å². The predicted octanol–water partition coefficient (Wildman–Crippen LogP) is 4.47. The van der Waals surface area contributed by atoms with Gasteiger partial charge in [0.2, 0.25) is 0 Å². The minimum absolute atomic E-state index is 0. The average molecular weight is 631 g/mol. The summed E-state index contributed by atoms with van der Waals surface area (Å²) in [6.07, 6.45) is 0.516. The van der Waals surface area contributed by atoms with Crippen LogP contribution in [0.2, 0.25) is 0 Å². The summed E-state index contributed by atoms with van der Waals surface area (Å²) in [6, 6.07) is 34.8. The number of rotatable bonds is 12. The van der Waals surface area contributed by atoms with E-state index in [9.17, 15) is 9.59 Å². The van der Waals surface area contributed by atoms with Crippen molar-refractivity contribution in [1.29, 1.82) is 0 Å². The van der Waals surface area contributed by atoms with E-state index < -0.39 is 0 Å². The SMILES string of the molecule is C=[N+](C)C.CC(CN(C)C)C(=O)c1cccc(OCc2ccccc2)c1.CCC(=O)c1cccc(OCc2ccccc2)c1.[Cl-]. The summed E-state index contributed by atoms with van der Waals surface area (Å²) in [6.45, 7) is 9.06. The number of nitrogens with zero attached hydrogens (tertiary/aromatic N) is 2. The molecule has 4 rings (SSSR count). The summed E-state index contributed by atoms with van der Waals surface area (Å²) < 4.78 is 13.2. The first-order chi connectivity index (χ1) is 21.1. The van der Waals surface area contributed by atoms with Crippen LogP contribution >= 0.6 is 0 Å². The third-order valence-electron chi connectivity index (χ3n) is 6.18. The summed E-state index contributed by atoms with van der Waals surface area (Å²) in [5, 5.41) is 0. The smallest absolute Gasteiger partial charge is 0.167 e. The highest BCUT2D eigenvalue weighted by molar-refractivity contribution is 5.98. The van der Waals surface area contributed by atoms with Gasteiger partial charge in [-0.25, -0.2) is 4.58 Å². The van der Waals surface area contributed by atoms with Crippen molar-refractivity contribution >= 4 is 18.3 Å². The Kier molecular flexibility index (Phi) is 18.5. The number of Topliss-reactive ketones (excluding diaryl/α,β-unsaturated/α-hetero) is 2. The lowest BCUT2D eigenvalue weighted by atomic mass is 9.99. The Morgan fingerprint density at radius 1 is 0.733 bits per heavy atom. The maximum Gasteiger partial charge on any atom is 0.167 e. The van der Waals surface area contributed by atoms with Crippen molar-refractivity contribution in [3.8, 4) is 11.5 Å². The minimum Gasteiger partial charge on any atom is -1.00 e. The molecule has 6 nitrogen and oxygen atoms in total. The number of hydrogen-bond donors (Lipinski definition) is 0. The summed E-state index contributed by atoms with van der Waals surface area (Å²) in [5.41, 5.74) is 3.65. The molecule has 0 amide bonds.